The zero-order chi connectivity index (χ0) is 10.7. The second kappa shape index (κ2) is 11.9. The molecule has 0 atom stereocenters. The first-order chi connectivity index (χ1) is 6.13. The summed E-state index contributed by atoms with van der Waals surface area (Å²) >= 11 is 0. The van der Waals surface area contributed by atoms with Gasteiger partial charge in [-0.25, -0.2) is 4.39 Å². The maximum absolute atomic E-state index is 12.1. The van der Waals surface area contributed by atoms with E-state index < -0.39 is 6.17 Å². The topological polar surface area (TPSA) is 12.0 Å². The van der Waals surface area contributed by atoms with E-state index in [2.05, 4.69) is 26.1 Å². The summed E-state index contributed by atoms with van der Waals surface area (Å²) in [5.74, 6) is 0.833. The van der Waals surface area contributed by atoms with E-state index in [1.165, 1.54) is 0 Å². The van der Waals surface area contributed by atoms with Crippen molar-refractivity contribution in [3.05, 3.63) is 0 Å². The third-order valence-corrected chi connectivity index (χ3v) is 1.27. The summed E-state index contributed by atoms with van der Waals surface area (Å²) in [5.41, 5.74) is 0. The molecule has 0 bridgehead atoms. The van der Waals surface area contributed by atoms with Gasteiger partial charge >= 0.3 is 0 Å². The van der Waals surface area contributed by atoms with Gasteiger partial charge in [-0.1, -0.05) is 34.6 Å². The van der Waals surface area contributed by atoms with Crippen molar-refractivity contribution in [2.75, 3.05) is 13.1 Å². The van der Waals surface area contributed by atoms with E-state index in [1.54, 1.807) is 0 Å². The van der Waals surface area contributed by atoms with E-state index in [0.29, 0.717) is 12.8 Å². The summed E-state index contributed by atoms with van der Waals surface area (Å²) in [4.78, 5) is 0. The first-order valence-corrected chi connectivity index (χ1v) is 5.47. The average molecular weight is 191 g/mol. The molecular formula is C11H26FN. The fraction of sp³-hybridized carbons (Fsp3) is 1.00. The van der Waals surface area contributed by atoms with Crippen LogP contribution in [0.25, 0.3) is 0 Å². The fourth-order valence-electron chi connectivity index (χ4n) is 0.787. The minimum absolute atomic E-state index is 0.527. The van der Waals surface area contributed by atoms with Crippen LogP contribution in [0.1, 0.15) is 47.5 Å². The van der Waals surface area contributed by atoms with Gasteiger partial charge in [-0.15, -0.1) is 0 Å². The SMILES string of the molecule is CC.CC(C)C.FC1CCNCC1. The molecule has 0 aliphatic carbocycles. The molecule has 13 heavy (non-hydrogen) atoms. The molecule has 1 aliphatic heterocycles. The number of piperidine rings is 1. The maximum Gasteiger partial charge on any atom is 0.103 e. The third-order valence-electron chi connectivity index (χ3n) is 1.27. The Kier molecular flexibility index (Phi) is 14.1. The van der Waals surface area contributed by atoms with Crippen LogP contribution >= 0.6 is 0 Å². The lowest BCUT2D eigenvalue weighted by Crippen LogP contribution is -2.28. The van der Waals surface area contributed by atoms with E-state index in [4.69, 9.17) is 0 Å². The number of alkyl halides is 1. The molecular weight excluding hydrogens is 165 g/mol. The Bertz CT molecular complexity index is 75.4. The van der Waals surface area contributed by atoms with Gasteiger partial charge in [-0.2, -0.15) is 0 Å². The maximum atomic E-state index is 12.1. The Morgan fingerprint density at radius 3 is 1.54 bits per heavy atom. The molecule has 1 N–H and O–H groups in total. The molecule has 1 aliphatic rings. The van der Waals surface area contributed by atoms with Gasteiger partial charge in [0.15, 0.2) is 0 Å². The molecule has 0 radical (unpaired) electrons. The largest absolute Gasteiger partial charge is 0.317 e. The molecule has 0 amide bonds. The van der Waals surface area contributed by atoms with Crippen LogP contribution in [0.15, 0.2) is 0 Å². The highest BCUT2D eigenvalue weighted by molar-refractivity contribution is 4.65. The van der Waals surface area contributed by atoms with Crippen LogP contribution in [0.5, 0.6) is 0 Å². The van der Waals surface area contributed by atoms with Crippen molar-refractivity contribution in [1.29, 1.82) is 0 Å². The molecule has 0 aromatic rings. The number of nitrogens with one attached hydrogen (secondary N) is 1. The summed E-state index contributed by atoms with van der Waals surface area (Å²) in [6.07, 6.45) is 0.890. The molecule has 0 saturated carbocycles. The van der Waals surface area contributed by atoms with Gasteiger partial charge in [0.05, 0.1) is 0 Å². The normalized spacial score (nSPS) is 16.8. The highest BCUT2D eigenvalue weighted by atomic mass is 19.1. The summed E-state index contributed by atoms with van der Waals surface area (Å²) in [7, 11) is 0. The number of hydrogen-bond donors (Lipinski definition) is 1. The van der Waals surface area contributed by atoms with Gasteiger partial charge in [-0.3, -0.25) is 0 Å². The van der Waals surface area contributed by atoms with Gasteiger partial charge in [0.2, 0.25) is 0 Å². The third kappa shape index (κ3) is 18.7. The Balaban J connectivity index is 0. The molecule has 1 saturated heterocycles. The lowest BCUT2D eigenvalue weighted by molar-refractivity contribution is 0.262. The molecule has 0 aromatic heterocycles. The van der Waals surface area contributed by atoms with Crippen molar-refractivity contribution in [3.8, 4) is 0 Å². The molecule has 82 valence electrons. The number of halogens is 1. The smallest absolute Gasteiger partial charge is 0.103 e. The van der Waals surface area contributed by atoms with Crippen LogP contribution in [-0.4, -0.2) is 19.3 Å². The summed E-state index contributed by atoms with van der Waals surface area (Å²) in [6.45, 7) is 12.2. The van der Waals surface area contributed by atoms with E-state index >= 15 is 0 Å². The quantitative estimate of drug-likeness (QED) is 0.619. The minimum Gasteiger partial charge on any atom is -0.317 e. The van der Waals surface area contributed by atoms with Crippen molar-refractivity contribution in [2.24, 2.45) is 5.92 Å². The van der Waals surface area contributed by atoms with Crippen molar-refractivity contribution in [3.63, 3.8) is 0 Å². The van der Waals surface area contributed by atoms with Gasteiger partial charge in [-0.05, 0) is 31.8 Å². The molecule has 0 spiro atoms. The first-order valence-electron chi connectivity index (χ1n) is 5.47. The van der Waals surface area contributed by atoms with Gasteiger partial charge in [0, 0.05) is 0 Å². The van der Waals surface area contributed by atoms with E-state index in [0.717, 1.165) is 19.0 Å². The predicted molar refractivity (Wildman–Crippen MR) is 58.9 cm³/mol. The van der Waals surface area contributed by atoms with Gasteiger partial charge in [0.1, 0.15) is 6.17 Å². The Labute approximate surface area is 83.1 Å². The first kappa shape index (κ1) is 15.4. The summed E-state index contributed by atoms with van der Waals surface area (Å²) in [5, 5.41) is 3.08. The lowest BCUT2D eigenvalue weighted by atomic mass is 10.1. The molecule has 2 heteroatoms. The van der Waals surface area contributed by atoms with Crippen molar-refractivity contribution in [2.45, 2.75) is 53.6 Å². The molecule has 1 nitrogen and oxygen atoms in total. The standard InChI is InChI=1S/C5H10FN.C4H10.C2H6/c6-5-1-3-7-4-2-5;1-4(2)3;1-2/h5,7H,1-4H2;4H,1-3H3;1-2H3. The molecule has 1 rings (SSSR count). The molecule has 1 fully saturated rings. The van der Waals surface area contributed by atoms with Gasteiger partial charge < -0.3 is 5.32 Å². The van der Waals surface area contributed by atoms with Crippen molar-refractivity contribution in [1.82, 2.24) is 5.32 Å². The van der Waals surface area contributed by atoms with Crippen LogP contribution in [0, 0.1) is 5.92 Å². The van der Waals surface area contributed by atoms with Gasteiger partial charge in [0.25, 0.3) is 0 Å². The zero-order valence-corrected chi connectivity index (χ0v) is 9.86. The van der Waals surface area contributed by atoms with E-state index in [-0.39, 0.29) is 0 Å². The fourth-order valence-corrected chi connectivity index (χ4v) is 0.787. The van der Waals surface area contributed by atoms with Crippen LogP contribution in [0.3, 0.4) is 0 Å². The minimum atomic E-state index is -0.527. The second-order valence-corrected chi connectivity index (χ2v) is 3.66. The van der Waals surface area contributed by atoms with Crippen molar-refractivity contribution < 1.29 is 4.39 Å². The van der Waals surface area contributed by atoms with Crippen molar-refractivity contribution >= 4 is 0 Å². The monoisotopic (exact) mass is 191 g/mol. The lowest BCUT2D eigenvalue weighted by Gasteiger charge is -2.14. The van der Waals surface area contributed by atoms with E-state index in [1.807, 2.05) is 13.8 Å². The van der Waals surface area contributed by atoms with Crippen LogP contribution in [0.4, 0.5) is 4.39 Å². The zero-order valence-electron chi connectivity index (χ0n) is 9.86. The summed E-state index contributed by atoms with van der Waals surface area (Å²) in [6, 6.07) is 0. The second-order valence-electron chi connectivity index (χ2n) is 3.66. The van der Waals surface area contributed by atoms with Crippen LogP contribution in [-0.2, 0) is 0 Å². The highest BCUT2D eigenvalue weighted by Gasteiger charge is 2.09. The Hall–Kier alpha value is -0.110. The number of hydrogen-bond acceptors (Lipinski definition) is 1. The molecule has 0 aromatic carbocycles. The summed E-state index contributed by atoms with van der Waals surface area (Å²) < 4.78 is 12.1. The average Bonchev–Trinajstić information content (AvgIpc) is 2.08. The Morgan fingerprint density at radius 2 is 1.38 bits per heavy atom. The Morgan fingerprint density at radius 1 is 1.08 bits per heavy atom. The highest BCUT2D eigenvalue weighted by Crippen LogP contribution is 2.04. The number of rotatable bonds is 0. The molecule has 1 heterocycles. The van der Waals surface area contributed by atoms with Crippen LogP contribution < -0.4 is 5.32 Å². The van der Waals surface area contributed by atoms with E-state index in [9.17, 15) is 4.39 Å². The molecule has 0 unspecified atom stereocenters. The predicted octanol–water partition coefficient (Wildman–Crippen LogP) is 3.40. The van der Waals surface area contributed by atoms with Crippen LogP contribution in [0.2, 0.25) is 0 Å².